The minimum Gasteiger partial charge on any atom is -0.327 e. The van der Waals surface area contributed by atoms with Crippen molar-refractivity contribution in [3.8, 4) is 0 Å². The first-order valence-electron chi connectivity index (χ1n) is 3.47. The van der Waals surface area contributed by atoms with E-state index in [0.717, 1.165) is 6.20 Å². The summed E-state index contributed by atoms with van der Waals surface area (Å²) in [5.74, 6) is 0. The van der Waals surface area contributed by atoms with Crippen molar-refractivity contribution in [1.82, 2.24) is 4.98 Å². The van der Waals surface area contributed by atoms with Gasteiger partial charge < -0.3 is 4.98 Å². The van der Waals surface area contributed by atoms with E-state index in [1.165, 1.54) is 0 Å². The van der Waals surface area contributed by atoms with Crippen molar-refractivity contribution in [3.05, 3.63) is 26.6 Å². The highest BCUT2D eigenvalue weighted by molar-refractivity contribution is 9.10. The molecule has 1 aromatic rings. The van der Waals surface area contributed by atoms with Gasteiger partial charge in [0.25, 0.3) is 12.0 Å². The van der Waals surface area contributed by atoms with Crippen LogP contribution in [0.3, 0.4) is 0 Å². The number of H-pyrrole nitrogens is 1. The molecular formula is C6H5BrF2N2O3S. The Bertz CT molecular complexity index is 540. The first-order chi connectivity index (χ1) is 6.75. The fraction of sp³-hybridized carbons (Fsp3) is 0.167. The van der Waals surface area contributed by atoms with Gasteiger partial charge in [-0.05, 0) is 15.9 Å². The molecule has 9 heteroatoms. The molecule has 5 nitrogen and oxygen atoms in total. The van der Waals surface area contributed by atoms with Crippen LogP contribution in [0, 0.1) is 0 Å². The van der Waals surface area contributed by atoms with Crippen molar-refractivity contribution in [2.45, 2.75) is 11.3 Å². The number of nitrogens with two attached hydrogens (primary N) is 1. The van der Waals surface area contributed by atoms with Crippen LogP contribution in [0.2, 0.25) is 0 Å². The number of aromatic nitrogens is 1. The van der Waals surface area contributed by atoms with Gasteiger partial charge in [-0.3, -0.25) is 4.79 Å². The van der Waals surface area contributed by atoms with Crippen molar-refractivity contribution in [2.75, 3.05) is 0 Å². The van der Waals surface area contributed by atoms with Gasteiger partial charge in [0.2, 0.25) is 10.0 Å². The highest BCUT2D eigenvalue weighted by atomic mass is 79.9. The monoisotopic (exact) mass is 302 g/mol. The second-order valence-electron chi connectivity index (χ2n) is 2.55. The van der Waals surface area contributed by atoms with E-state index in [2.05, 4.69) is 15.9 Å². The van der Waals surface area contributed by atoms with Crippen LogP contribution in [0.4, 0.5) is 8.78 Å². The van der Waals surface area contributed by atoms with Gasteiger partial charge >= 0.3 is 0 Å². The smallest absolute Gasteiger partial charge is 0.270 e. The van der Waals surface area contributed by atoms with Gasteiger partial charge in [0.05, 0.1) is 4.47 Å². The summed E-state index contributed by atoms with van der Waals surface area (Å²) in [6, 6.07) is 0. The summed E-state index contributed by atoms with van der Waals surface area (Å²) in [5, 5.41) is 4.72. The number of pyridine rings is 1. The number of sulfonamides is 1. The summed E-state index contributed by atoms with van der Waals surface area (Å²) in [6.45, 7) is 0. The van der Waals surface area contributed by atoms with Crippen LogP contribution in [0.1, 0.15) is 12.0 Å². The van der Waals surface area contributed by atoms with Crippen LogP contribution in [-0.4, -0.2) is 13.4 Å². The number of halogens is 3. The average molecular weight is 303 g/mol. The fourth-order valence-electron chi connectivity index (χ4n) is 0.991. The Labute approximate surface area is 91.5 Å². The van der Waals surface area contributed by atoms with Gasteiger partial charge in [-0.1, -0.05) is 0 Å². The molecule has 1 rings (SSSR count). The van der Waals surface area contributed by atoms with Crippen molar-refractivity contribution >= 4 is 26.0 Å². The number of rotatable bonds is 2. The maximum atomic E-state index is 12.4. The molecule has 0 unspecified atom stereocenters. The lowest BCUT2D eigenvalue weighted by Crippen LogP contribution is -2.23. The summed E-state index contributed by atoms with van der Waals surface area (Å²) < 4.78 is 46.7. The van der Waals surface area contributed by atoms with Crippen LogP contribution in [0.5, 0.6) is 0 Å². The van der Waals surface area contributed by atoms with Crippen LogP contribution >= 0.6 is 15.9 Å². The molecule has 0 aliphatic carbocycles. The molecule has 1 heterocycles. The summed E-state index contributed by atoms with van der Waals surface area (Å²) in [4.78, 5) is 12.1. The van der Waals surface area contributed by atoms with E-state index in [0.29, 0.717) is 0 Å². The maximum absolute atomic E-state index is 12.4. The zero-order chi connectivity index (χ0) is 11.8. The Morgan fingerprint density at radius 2 is 2.00 bits per heavy atom. The first-order valence-corrected chi connectivity index (χ1v) is 5.81. The molecule has 0 atom stereocenters. The molecule has 3 N–H and O–H groups in total. The van der Waals surface area contributed by atoms with E-state index in [1.807, 2.05) is 4.98 Å². The number of hydrogen-bond acceptors (Lipinski definition) is 3. The molecule has 0 fully saturated rings. The molecule has 0 saturated heterocycles. The molecule has 0 saturated carbocycles. The van der Waals surface area contributed by atoms with Crippen LogP contribution in [0.25, 0.3) is 0 Å². The molecule has 0 bridgehead atoms. The largest absolute Gasteiger partial charge is 0.327 e. The fourth-order valence-corrected chi connectivity index (χ4v) is 2.82. The van der Waals surface area contributed by atoms with E-state index < -0.39 is 32.5 Å². The lowest BCUT2D eigenvalue weighted by molar-refractivity contribution is 0.146. The lowest BCUT2D eigenvalue weighted by atomic mass is 10.3. The Kier molecular flexibility index (Phi) is 3.26. The Balaban J connectivity index is 3.77. The maximum Gasteiger partial charge on any atom is 0.270 e. The second-order valence-corrected chi connectivity index (χ2v) is 4.91. The molecule has 15 heavy (non-hydrogen) atoms. The topological polar surface area (TPSA) is 93.0 Å². The average Bonchev–Trinajstić information content (AvgIpc) is 2.05. The molecule has 0 aliphatic rings. The number of hydrogen-bond donors (Lipinski definition) is 2. The summed E-state index contributed by atoms with van der Waals surface area (Å²) in [7, 11) is -4.38. The zero-order valence-corrected chi connectivity index (χ0v) is 9.40. The van der Waals surface area contributed by atoms with Crippen molar-refractivity contribution in [1.29, 1.82) is 0 Å². The second kappa shape index (κ2) is 3.99. The molecule has 84 valence electrons. The Morgan fingerprint density at radius 1 is 1.47 bits per heavy atom. The van der Waals surface area contributed by atoms with E-state index in [9.17, 15) is 22.0 Å². The molecule has 0 amide bonds. The zero-order valence-electron chi connectivity index (χ0n) is 7.00. The lowest BCUT2D eigenvalue weighted by Gasteiger charge is -2.07. The highest BCUT2D eigenvalue weighted by Gasteiger charge is 2.26. The molecule has 1 aromatic heterocycles. The van der Waals surface area contributed by atoms with E-state index in [4.69, 9.17) is 5.14 Å². The van der Waals surface area contributed by atoms with Crippen LogP contribution in [0.15, 0.2) is 20.4 Å². The Morgan fingerprint density at radius 3 is 2.33 bits per heavy atom. The molecule has 0 spiro atoms. The predicted molar refractivity (Wildman–Crippen MR) is 51.1 cm³/mol. The SMILES string of the molecule is NS(=O)(=O)c1c(Br)c[nH]c(=O)c1C(F)F. The standard InChI is InChI=1S/C6H5BrF2N2O3S/c7-2-1-11-6(12)3(5(8)9)4(2)15(10,13)14/h1,5H,(H,11,12)(H2,10,13,14). The quantitative estimate of drug-likeness (QED) is 0.843. The number of alkyl halides is 2. The van der Waals surface area contributed by atoms with E-state index in [1.54, 1.807) is 0 Å². The van der Waals surface area contributed by atoms with Gasteiger partial charge in [-0.2, -0.15) is 0 Å². The van der Waals surface area contributed by atoms with Crippen LogP contribution in [-0.2, 0) is 10.0 Å². The highest BCUT2D eigenvalue weighted by Crippen LogP contribution is 2.27. The number of aromatic amines is 1. The Hall–Kier alpha value is -0.800. The number of primary sulfonamides is 1. The van der Waals surface area contributed by atoms with Gasteiger partial charge in [-0.25, -0.2) is 22.3 Å². The third-order valence-corrected chi connectivity index (χ3v) is 3.44. The minimum absolute atomic E-state index is 0.208. The normalized spacial score (nSPS) is 12.1. The van der Waals surface area contributed by atoms with Crippen LogP contribution < -0.4 is 10.7 Å². The van der Waals surface area contributed by atoms with Crippen molar-refractivity contribution in [3.63, 3.8) is 0 Å². The van der Waals surface area contributed by atoms with E-state index >= 15 is 0 Å². The minimum atomic E-state index is -4.38. The summed E-state index contributed by atoms with van der Waals surface area (Å²) >= 11 is 2.72. The van der Waals surface area contributed by atoms with Crippen molar-refractivity contribution < 1.29 is 17.2 Å². The molecule has 0 aliphatic heterocycles. The van der Waals surface area contributed by atoms with E-state index in [-0.39, 0.29) is 4.47 Å². The van der Waals surface area contributed by atoms with Gasteiger partial charge in [0.1, 0.15) is 10.5 Å². The molecular weight excluding hydrogens is 298 g/mol. The van der Waals surface area contributed by atoms with Gasteiger partial charge in [0.15, 0.2) is 0 Å². The summed E-state index contributed by atoms with van der Waals surface area (Å²) in [5.41, 5.74) is -2.34. The third-order valence-electron chi connectivity index (χ3n) is 1.54. The van der Waals surface area contributed by atoms with Gasteiger partial charge in [0, 0.05) is 6.20 Å². The first kappa shape index (κ1) is 12.3. The summed E-state index contributed by atoms with van der Waals surface area (Å²) in [6.07, 6.45) is -2.28. The number of nitrogens with one attached hydrogen (secondary N) is 1. The predicted octanol–water partition coefficient (Wildman–Crippen LogP) is 0.722. The molecule has 0 radical (unpaired) electrons. The van der Waals surface area contributed by atoms with Gasteiger partial charge in [-0.15, -0.1) is 0 Å². The van der Waals surface area contributed by atoms with Crippen molar-refractivity contribution in [2.24, 2.45) is 5.14 Å². The third kappa shape index (κ3) is 2.41. The molecule has 0 aromatic carbocycles.